The van der Waals surface area contributed by atoms with Gasteiger partial charge in [-0.2, -0.15) is 0 Å². The Morgan fingerprint density at radius 1 is 1.08 bits per heavy atom. The molecule has 6 heteroatoms. The van der Waals surface area contributed by atoms with Crippen LogP contribution in [0, 0.1) is 13.8 Å². The van der Waals surface area contributed by atoms with E-state index in [9.17, 15) is 4.79 Å². The summed E-state index contributed by atoms with van der Waals surface area (Å²) >= 11 is 6.17. The van der Waals surface area contributed by atoms with E-state index in [1.807, 2.05) is 44.2 Å². The van der Waals surface area contributed by atoms with Crippen molar-refractivity contribution in [2.24, 2.45) is 0 Å². The summed E-state index contributed by atoms with van der Waals surface area (Å²) in [4.78, 5) is 14.0. The van der Waals surface area contributed by atoms with Gasteiger partial charge in [-0.25, -0.2) is 0 Å². The van der Waals surface area contributed by atoms with Crippen LogP contribution in [0.2, 0.25) is 5.02 Å². The first kappa shape index (κ1) is 17.2. The van der Waals surface area contributed by atoms with Crippen molar-refractivity contribution in [3.8, 4) is 11.5 Å². The standard InChI is InChI=1S/C19H18ClN3O2/c1-12-4-7-14(8-5-12)18-22-21-17(25-18)11-23(3)19(24)15-9-6-13(2)10-16(15)20/h4-10H,11H2,1-3H3. The number of rotatable bonds is 4. The zero-order chi connectivity index (χ0) is 18.0. The zero-order valence-corrected chi connectivity index (χ0v) is 15.0. The minimum Gasteiger partial charge on any atom is -0.419 e. The largest absolute Gasteiger partial charge is 0.419 e. The van der Waals surface area contributed by atoms with Crippen LogP contribution in [0.25, 0.3) is 11.5 Å². The van der Waals surface area contributed by atoms with E-state index < -0.39 is 0 Å². The summed E-state index contributed by atoms with van der Waals surface area (Å²) in [6, 6.07) is 13.2. The lowest BCUT2D eigenvalue weighted by atomic mass is 10.1. The molecule has 3 rings (SSSR count). The van der Waals surface area contributed by atoms with Gasteiger partial charge in [0.15, 0.2) is 0 Å². The Morgan fingerprint density at radius 3 is 2.44 bits per heavy atom. The van der Waals surface area contributed by atoms with E-state index in [-0.39, 0.29) is 12.5 Å². The first-order chi connectivity index (χ1) is 11.9. The molecule has 5 nitrogen and oxygen atoms in total. The molecular formula is C19H18ClN3O2. The zero-order valence-electron chi connectivity index (χ0n) is 14.3. The first-order valence-electron chi connectivity index (χ1n) is 7.85. The third kappa shape index (κ3) is 3.88. The maximum atomic E-state index is 12.5. The van der Waals surface area contributed by atoms with Crippen LogP contribution in [0.1, 0.15) is 27.4 Å². The van der Waals surface area contributed by atoms with Gasteiger partial charge in [0.2, 0.25) is 11.8 Å². The van der Waals surface area contributed by atoms with Crippen molar-refractivity contribution in [1.82, 2.24) is 15.1 Å². The van der Waals surface area contributed by atoms with E-state index in [0.717, 1.165) is 16.7 Å². The van der Waals surface area contributed by atoms with Crippen molar-refractivity contribution in [1.29, 1.82) is 0 Å². The number of aryl methyl sites for hydroxylation is 2. The minimum atomic E-state index is -0.194. The average Bonchev–Trinajstić information content (AvgIpc) is 3.03. The quantitative estimate of drug-likeness (QED) is 0.700. The van der Waals surface area contributed by atoms with E-state index in [0.29, 0.717) is 22.4 Å². The Labute approximate surface area is 151 Å². The fraction of sp³-hybridized carbons (Fsp3) is 0.211. The summed E-state index contributed by atoms with van der Waals surface area (Å²) in [5, 5.41) is 8.51. The van der Waals surface area contributed by atoms with E-state index in [4.69, 9.17) is 16.0 Å². The molecule has 0 saturated carbocycles. The number of hydrogen-bond acceptors (Lipinski definition) is 4. The predicted octanol–water partition coefficient (Wildman–Crippen LogP) is 4.28. The summed E-state index contributed by atoms with van der Waals surface area (Å²) < 4.78 is 5.67. The molecule has 0 aliphatic heterocycles. The van der Waals surface area contributed by atoms with E-state index >= 15 is 0 Å². The highest BCUT2D eigenvalue weighted by molar-refractivity contribution is 6.33. The second-order valence-corrected chi connectivity index (χ2v) is 6.42. The molecule has 2 aromatic carbocycles. The smallest absolute Gasteiger partial charge is 0.255 e. The molecule has 0 N–H and O–H groups in total. The Hall–Kier alpha value is -2.66. The van der Waals surface area contributed by atoms with Gasteiger partial charge in [-0.05, 0) is 43.7 Å². The highest BCUT2D eigenvalue weighted by Crippen LogP contribution is 2.21. The second kappa shape index (κ2) is 7.07. The Morgan fingerprint density at radius 2 is 1.76 bits per heavy atom. The fourth-order valence-electron chi connectivity index (χ4n) is 2.40. The molecule has 0 unspecified atom stereocenters. The number of halogens is 1. The highest BCUT2D eigenvalue weighted by Gasteiger charge is 2.18. The fourth-order valence-corrected chi connectivity index (χ4v) is 2.72. The number of hydrogen-bond donors (Lipinski definition) is 0. The van der Waals surface area contributed by atoms with Crippen molar-refractivity contribution in [3.63, 3.8) is 0 Å². The second-order valence-electron chi connectivity index (χ2n) is 6.01. The number of benzene rings is 2. The normalized spacial score (nSPS) is 10.7. The van der Waals surface area contributed by atoms with Gasteiger partial charge in [-0.1, -0.05) is 35.4 Å². The number of carbonyl (C=O) groups is 1. The van der Waals surface area contributed by atoms with Crippen LogP contribution in [0.15, 0.2) is 46.9 Å². The van der Waals surface area contributed by atoms with Gasteiger partial charge in [0.25, 0.3) is 5.91 Å². The van der Waals surface area contributed by atoms with Gasteiger partial charge < -0.3 is 9.32 Å². The first-order valence-corrected chi connectivity index (χ1v) is 8.23. The lowest BCUT2D eigenvalue weighted by Gasteiger charge is -2.16. The third-order valence-corrected chi connectivity index (χ3v) is 4.15. The molecule has 3 aromatic rings. The van der Waals surface area contributed by atoms with Gasteiger partial charge in [0.1, 0.15) is 0 Å². The molecule has 1 amide bonds. The Kier molecular flexibility index (Phi) is 4.86. The van der Waals surface area contributed by atoms with Gasteiger partial charge in [0, 0.05) is 12.6 Å². The molecular weight excluding hydrogens is 338 g/mol. The molecule has 0 spiro atoms. The molecule has 1 heterocycles. The van der Waals surface area contributed by atoms with Crippen molar-refractivity contribution < 1.29 is 9.21 Å². The van der Waals surface area contributed by atoms with Gasteiger partial charge in [-0.3, -0.25) is 4.79 Å². The summed E-state index contributed by atoms with van der Waals surface area (Å²) in [6.45, 7) is 4.15. The molecule has 0 saturated heterocycles. The molecule has 0 atom stereocenters. The summed E-state index contributed by atoms with van der Waals surface area (Å²) in [5.41, 5.74) is 3.46. The van der Waals surface area contributed by atoms with Crippen molar-refractivity contribution in [2.75, 3.05) is 7.05 Å². The van der Waals surface area contributed by atoms with E-state index in [2.05, 4.69) is 10.2 Å². The number of amides is 1. The molecule has 0 radical (unpaired) electrons. The molecule has 128 valence electrons. The average molecular weight is 356 g/mol. The summed E-state index contributed by atoms with van der Waals surface area (Å²) in [5.74, 6) is 0.610. The number of nitrogens with zero attached hydrogens (tertiary/aromatic N) is 3. The van der Waals surface area contributed by atoms with Crippen molar-refractivity contribution in [2.45, 2.75) is 20.4 Å². The summed E-state index contributed by atoms with van der Waals surface area (Å²) in [6.07, 6.45) is 0. The monoisotopic (exact) mass is 355 g/mol. The Balaban J connectivity index is 1.74. The molecule has 1 aromatic heterocycles. The molecule has 0 fully saturated rings. The maximum Gasteiger partial charge on any atom is 0.255 e. The topological polar surface area (TPSA) is 59.2 Å². The molecule has 0 aliphatic rings. The van der Waals surface area contributed by atoms with Gasteiger partial charge >= 0.3 is 0 Å². The van der Waals surface area contributed by atoms with Gasteiger partial charge in [-0.15, -0.1) is 10.2 Å². The van der Waals surface area contributed by atoms with Crippen LogP contribution in [0.3, 0.4) is 0 Å². The molecule has 0 aliphatic carbocycles. The SMILES string of the molecule is Cc1ccc(-c2nnc(CN(C)C(=O)c3ccc(C)cc3Cl)o2)cc1. The molecule has 0 bridgehead atoms. The van der Waals surface area contributed by atoms with Crippen LogP contribution in [0.4, 0.5) is 0 Å². The maximum absolute atomic E-state index is 12.5. The van der Waals surface area contributed by atoms with Gasteiger partial charge in [0.05, 0.1) is 17.1 Å². The summed E-state index contributed by atoms with van der Waals surface area (Å²) in [7, 11) is 1.67. The third-order valence-electron chi connectivity index (χ3n) is 3.84. The Bertz CT molecular complexity index is 903. The van der Waals surface area contributed by atoms with Crippen molar-refractivity contribution in [3.05, 3.63) is 70.1 Å². The van der Waals surface area contributed by atoms with E-state index in [1.54, 1.807) is 19.2 Å². The number of carbonyl (C=O) groups excluding carboxylic acids is 1. The van der Waals surface area contributed by atoms with Crippen molar-refractivity contribution >= 4 is 17.5 Å². The van der Waals surface area contributed by atoms with Crippen LogP contribution in [-0.4, -0.2) is 28.1 Å². The highest BCUT2D eigenvalue weighted by atomic mass is 35.5. The predicted molar refractivity (Wildman–Crippen MR) is 96.5 cm³/mol. The lowest BCUT2D eigenvalue weighted by Crippen LogP contribution is -2.26. The number of aromatic nitrogens is 2. The van der Waals surface area contributed by atoms with Crippen LogP contribution >= 0.6 is 11.6 Å². The van der Waals surface area contributed by atoms with Crippen LogP contribution in [0.5, 0.6) is 0 Å². The van der Waals surface area contributed by atoms with Crippen LogP contribution in [-0.2, 0) is 6.54 Å². The van der Waals surface area contributed by atoms with E-state index in [1.165, 1.54) is 4.90 Å². The van der Waals surface area contributed by atoms with Crippen LogP contribution < -0.4 is 0 Å². The minimum absolute atomic E-state index is 0.194. The lowest BCUT2D eigenvalue weighted by molar-refractivity contribution is 0.0773. The molecule has 25 heavy (non-hydrogen) atoms.